The van der Waals surface area contributed by atoms with Gasteiger partial charge in [-0.3, -0.25) is 0 Å². The van der Waals surface area contributed by atoms with Crippen LogP contribution in [0.15, 0.2) is 42.5 Å². The van der Waals surface area contributed by atoms with E-state index < -0.39 is 0 Å². The molecule has 0 aliphatic rings. The molecule has 2 rings (SSSR count). The molecule has 0 fully saturated rings. The predicted octanol–water partition coefficient (Wildman–Crippen LogP) is 4.96. The number of hydrogen-bond donors (Lipinski definition) is 2. The third kappa shape index (κ3) is 6.96. The van der Waals surface area contributed by atoms with Gasteiger partial charge in [0, 0.05) is 11.8 Å². The van der Waals surface area contributed by atoms with Crippen molar-refractivity contribution in [2.24, 2.45) is 0 Å². The maximum Gasteiger partial charge on any atom is 0.142 e. The molecule has 0 aliphatic heterocycles. The van der Waals surface area contributed by atoms with Crippen LogP contribution in [0, 0.1) is 6.92 Å². The van der Waals surface area contributed by atoms with Crippen molar-refractivity contribution in [1.82, 2.24) is 0 Å². The first-order valence-corrected chi connectivity index (χ1v) is 9.13. The highest BCUT2D eigenvalue weighted by molar-refractivity contribution is 5.57. The number of unbranched alkanes of at least 4 members (excludes halogenated alkanes) is 5. The minimum atomic E-state index is 0.728. The fraction of sp³-hybridized carbons (Fsp3) is 0.429. The summed E-state index contributed by atoms with van der Waals surface area (Å²) in [5.74, 6) is 1.66. The highest BCUT2D eigenvalue weighted by atomic mass is 16.5. The summed E-state index contributed by atoms with van der Waals surface area (Å²) in [6.07, 6.45) is 6.96. The Kier molecular flexibility index (Phi) is 7.96. The van der Waals surface area contributed by atoms with Crippen molar-refractivity contribution in [2.45, 2.75) is 45.4 Å². The van der Waals surface area contributed by atoms with Crippen LogP contribution in [0.2, 0.25) is 0 Å². The Balaban J connectivity index is 1.45. The average molecular weight is 342 g/mol. The summed E-state index contributed by atoms with van der Waals surface area (Å²) in [7, 11) is 0. The van der Waals surface area contributed by atoms with Gasteiger partial charge in [0.2, 0.25) is 0 Å². The fourth-order valence-corrected chi connectivity index (χ4v) is 2.67. The topological polar surface area (TPSA) is 70.5 Å². The van der Waals surface area contributed by atoms with Crippen molar-refractivity contribution in [2.75, 3.05) is 24.7 Å². The SMILES string of the molecule is Cc1cccc(OCCCCCCCCOc2cccc(N)c2)c1N. The van der Waals surface area contributed by atoms with Crippen molar-refractivity contribution < 1.29 is 9.47 Å². The molecule has 0 unspecified atom stereocenters. The molecule has 0 spiro atoms. The molecule has 136 valence electrons. The Morgan fingerprint density at radius 1 is 0.760 bits per heavy atom. The number of ether oxygens (including phenoxy) is 2. The maximum atomic E-state index is 6.00. The molecule has 0 heterocycles. The number of anilines is 2. The van der Waals surface area contributed by atoms with Crippen LogP contribution < -0.4 is 20.9 Å². The van der Waals surface area contributed by atoms with Crippen molar-refractivity contribution >= 4 is 11.4 Å². The first-order chi connectivity index (χ1) is 12.2. The van der Waals surface area contributed by atoms with E-state index in [1.54, 1.807) is 0 Å². The van der Waals surface area contributed by atoms with Gasteiger partial charge < -0.3 is 20.9 Å². The van der Waals surface area contributed by atoms with Crippen molar-refractivity contribution in [1.29, 1.82) is 0 Å². The van der Waals surface area contributed by atoms with E-state index in [4.69, 9.17) is 20.9 Å². The molecule has 0 saturated carbocycles. The van der Waals surface area contributed by atoms with Gasteiger partial charge in [-0.15, -0.1) is 0 Å². The Bertz CT molecular complexity index is 644. The second-order valence-electron chi connectivity index (χ2n) is 6.38. The first kappa shape index (κ1) is 19.0. The largest absolute Gasteiger partial charge is 0.494 e. The van der Waals surface area contributed by atoms with E-state index in [1.807, 2.05) is 49.4 Å². The Labute approximate surface area is 151 Å². The molecule has 0 saturated heterocycles. The smallest absolute Gasteiger partial charge is 0.142 e. The minimum absolute atomic E-state index is 0.728. The average Bonchev–Trinajstić information content (AvgIpc) is 2.60. The number of nitrogen functional groups attached to an aromatic ring is 2. The van der Waals surface area contributed by atoms with E-state index in [9.17, 15) is 0 Å². The van der Waals surface area contributed by atoms with Gasteiger partial charge in [-0.05, 0) is 43.5 Å². The van der Waals surface area contributed by atoms with Crippen LogP contribution in [0.5, 0.6) is 11.5 Å². The molecule has 4 nitrogen and oxygen atoms in total. The summed E-state index contributed by atoms with van der Waals surface area (Å²) >= 11 is 0. The van der Waals surface area contributed by atoms with Crippen LogP contribution in [0.4, 0.5) is 11.4 Å². The molecule has 0 radical (unpaired) electrons. The van der Waals surface area contributed by atoms with E-state index in [1.165, 1.54) is 25.7 Å². The van der Waals surface area contributed by atoms with E-state index in [0.717, 1.165) is 54.5 Å². The third-order valence-electron chi connectivity index (χ3n) is 4.21. The molecule has 4 N–H and O–H groups in total. The number of benzene rings is 2. The number of aryl methyl sites for hydroxylation is 1. The summed E-state index contributed by atoms with van der Waals surface area (Å²) in [5, 5.41) is 0. The van der Waals surface area contributed by atoms with Gasteiger partial charge in [-0.25, -0.2) is 0 Å². The summed E-state index contributed by atoms with van der Waals surface area (Å²) in [6.45, 7) is 3.48. The van der Waals surface area contributed by atoms with E-state index >= 15 is 0 Å². The monoisotopic (exact) mass is 342 g/mol. The molecule has 25 heavy (non-hydrogen) atoms. The van der Waals surface area contributed by atoms with Crippen LogP contribution in [0.25, 0.3) is 0 Å². The van der Waals surface area contributed by atoms with Gasteiger partial charge in [-0.2, -0.15) is 0 Å². The third-order valence-corrected chi connectivity index (χ3v) is 4.21. The summed E-state index contributed by atoms with van der Waals surface area (Å²) in [5.41, 5.74) is 14.3. The second-order valence-corrected chi connectivity index (χ2v) is 6.38. The summed E-state index contributed by atoms with van der Waals surface area (Å²) in [6, 6.07) is 13.5. The Morgan fingerprint density at radius 2 is 1.40 bits per heavy atom. The molecule has 4 heteroatoms. The van der Waals surface area contributed by atoms with Crippen LogP contribution in [-0.2, 0) is 0 Å². The van der Waals surface area contributed by atoms with Crippen molar-refractivity contribution in [3.63, 3.8) is 0 Å². The molecule has 2 aromatic carbocycles. The Morgan fingerprint density at radius 3 is 2.12 bits per heavy atom. The van der Waals surface area contributed by atoms with Gasteiger partial charge >= 0.3 is 0 Å². The summed E-state index contributed by atoms with van der Waals surface area (Å²) in [4.78, 5) is 0. The molecular weight excluding hydrogens is 312 g/mol. The molecule has 0 amide bonds. The lowest BCUT2D eigenvalue weighted by atomic mass is 10.1. The van der Waals surface area contributed by atoms with Crippen LogP contribution in [0.1, 0.15) is 44.1 Å². The van der Waals surface area contributed by atoms with Gasteiger partial charge in [0.05, 0.1) is 18.9 Å². The van der Waals surface area contributed by atoms with E-state index in [0.29, 0.717) is 0 Å². The molecular formula is C21H30N2O2. The summed E-state index contributed by atoms with van der Waals surface area (Å²) < 4.78 is 11.5. The molecule has 2 aromatic rings. The molecule has 0 bridgehead atoms. The lowest BCUT2D eigenvalue weighted by molar-refractivity contribution is 0.297. The minimum Gasteiger partial charge on any atom is -0.494 e. The van der Waals surface area contributed by atoms with Gasteiger partial charge in [0.1, 0.15) is 11.5 Å². The predicted molar refractivity (Wildman–Crippen MR) is 105 cm³/mol. The van der Waals surface area contributed by atoms with Crippen LogP contribution in [-0.4, -0.2) is 13.2 Å². The second kappa shape index (κ2) is 10.5. The van der Waals surface area contributed by atoms with Gasteiger partial charge in [0.15, 0.2) is 0 Å². The Hall–Kier alpha value is -2.36. The molecule has 0 atom stereocenters. The zero-order chi connectivity index (χ0) is 17.9. The maximum absolute atomic E-state index is 6.00. The molecule has 0 aliphatic carbocycles. The van der Waals surface area contributed by atoms with E-state index in [-0.39, 0.29) is 0 Å². The fourth-order valence-electron chi connectivity index (χ4n) is 2.67. The number of hydrogen-bond acceptors (Lipinski definition) is 4. The molecule has 0 aromatic heterocycles. The quantitative estimate of drug-likeness (QED) is 0.447. The van der Waals surface area contributed by atoms with Crippen LogP contribution >= 0.6 is 0 Å². The normalized spacial score (nSPS) is 10.6. The van der Waals surface area contributed by atoms with Gasteiger partial charge in [-0.1, -0.05) is 43.9 Å². The highest BCUT2D eigenvalue weighted by Gasteiger charge is 2.02. The van der Waals surface area contributed by atoms with Crippen molar-refractivity contribution in [3.05, 3.63) is 48.0 Å². The number of nitrogens with two attached hydrogens (primary N) is 2. The highest BCUT2D eigenvalue weighted by Crippen LogP contribution is 2.24. The zero-order valence-corrected chi connectivity index (χ0v) is 15.2. The first-order valence-electron chi connectivity index (χ1n) is 9.13. The van der Waals surface area contributed by atoms with E-state index in [2.05, 4.69) is 0 Å². The zero-order valence-electron chi connectivity index (χ0n) is 15.2. The lowest BCUT2D eigenvalue weighted by Gasteiger charge is -2.10. The standard InChI is InChI=1S/C21H30N2O2/c1-17-10-8-13-20(21(17)23)25-15-7-5-3-2-4-6-14-24-19-12-9-11-18(22)16-19/h8-13,16H,2-7,14-15,22-23H2,1H3. The van der Waals surface area contributed by atoms with Crippen molar-refractivity contribution in [3.8, 4) is 11.5 Å². The number of rotatable bonds is 11. The number of para-hydroxylation sites is 1. The van der Waals surface area contributed by atoms with Gasteiger partial charge in [0.25, 0.3) is 0 Å². The lowest BCUT2D eigenvalue weighted by Crippen LogP contribution is -2.01. The van der Waals surface area contributed by atoms with Crippen LogP contribution in [0.3, 0.4) is 0 Å².